The SMILES string of the molecule is CCCC(CC(=O)O)NC(=O)[C@@H]1CCCC[C@@H]1NC(=O)OCC1c2ccccc2-c2ccccc21. The molecule has 2 aromatic rings. The van der Waals surface area contributed by atoms with E-state index >= 15 is 0 Å². The fourth-order valence-corrected chi connectivity index (χ4v) is 5.50. The van der Waals surface area contributed by atoms with Crippen LogP contribution in [-0.4, -0.2) is 41.8 Å². The first-order valence-electron chi connectivity index (χ1n) is 12.6. The number of hydrogen-bond donors (Lipinski definition) is 3. The van der Waals surface area contributed by atoms with E-state index in [0.29, 0.717) is 19.3 Å². The fraction of sp³-hybridized carbons (Fsp3) is 0.464. The van der Waals surface area contributed by atoms with Crippen LogP contribution in [0, 0.1) is 5.92 Å². The summed E-state index contributed by atoms with van der Waals surface area (Å²) in [5.74, 6) is -1.53. The van der Waals surface area contributed by atoms with E-state index in [1.807, 2.05) is 31.2 Å². The number of carboxylic acids is 1. The molecule has 0 bridgehead atoms. The summed E-state index contributed by atoms with van der Waals surface area (Å²) in [7, 11) is 0. The van der Waals surface area contributed by atoms with Gasteiger partial charge in [-0.05, 0) is 41.5 Å². The number of carboxylic acid groups (broad SMARTS) is 1. The Bertz CT molecular complexity index is 1020. The maximum absolute atomic E-state index is 13.0. The third-order valence-electron chi connectivity index (χ3n) is 7.15. The molecular formula is C28H34N2O5. The summed E-state index contributed by atoms with van der Waals surface area (Å²) >= 11 is 0. The first kappa shape index (κ1) is 24.8. The van der Waals surface area contributed by atoms with E-state index in [1.165, 1.54) is 11.1 Å². The standard InChI is InChI=1S/C28H34N2O5/c1-2-9-18(16-26(31)32)29-27(33)23-14-7-8-15-25(23)30-28(34)35-17-24-21-12-5-3-10-19(21)20-11-4-6-13-22(20)24/h3-6,10-13,18,23-25H,2,7-9,14-17H2,1H3,(H,29,33)(H,30,34)(H,31,32)/t18?,23-,25+/m1/s1. The van der Waals surface area contributed by atoms with Crippen molar-refractivity contribution >= 4 is 18.0 Å². The van der Waals surface area contributed by atoms with Crippen LogP contribution in [0.2, 0.25) is 0 Å². The molecule has 1 fully saturated rings. The number of fused-ring (bicyclic) bond motifs is 3. The topological polar surface area (TPSA) is 105 Å². The predicted octanol–water partition coefficient (Wildman–Crippen LogP) is 4.84. The molecule has 2 aliphatic rings. The number of nitrogens with one attached hydrogen (secondary N) is 2. The van der Waals surface area contributed by atoms with Crippen LogP contribution in [0.5, 0.6) is 0 Å². The third-order valence-corrected chi connectivity index (χ3v) is 7.15. The summed E-state index contributed by atoms with van der Waals surface area (Å²) in [4.78, 5) is 37.0. The molecule has 1 saturated carbocycles. The lowest BCUT2D eigenvalue weighted by Gasteiger charge is -2.32. The van der Waals surface area contributed by atoms with Gasteiger partial charge in [-0.25, -0.2) is 4.79 Å². The average Bonchev–Trinajstić information content (AvgIpc) is 3.16. The highest BCUT2D eigenvalue weighted by Crippen LogP contribution is 2.44. The normalized spacial score (nSPS) is 19.8. The van der Waals surface area contributed by atoms with Crippen LogP contribution in [0.15, 0.2) is 48.5 Å². The number of rotatable bonds is 9. The maximum atomic E-state index is 13.0. The van der Waals surface area contributed by atoms with Gasteiger partial charge in [-0.1, -0.05) is 74.7 Å². The Kier molecular flexibility index (Phi) is 8.06. The molecule has 0 aliphatic heterocycles. The van der Waals surface area contributed by atoms with E-state index < -0.39 is 24.0 Å². The van der Waals surface area contributed by atoms with Crippen molar-refractivity contribution in [2.24, 2.45) is 5.92 Å². The van der Waals surface area contributed by atoms with Crippen molar-refractivity contribution in [2.75, 3.05) is 6.61 Å². The molecule has 3 N–H and O–H groups in total. The lowest BCUT2D eigenvalue weighted by Crippen LogP contribution is -2.50. The van der Waals surface area contributed by atoms with Gasteiger partial charge in [0.15, 0.2) is 0 Å². The number of aliphatic carboxylic acids is 1. The van der Waals surface area contributed by atoms with Gasteiger partial charge in [0, 0.05) is 18.0 Å². The number of hydrogen-bond acceptors (Lipinski definition) is 4. The maximum Gasteiger partial charge on any atom is 0.407 e. The molecule has 3 atom stereocenters. The first-order valence-corrected chi connectivity index (χ1v) is 12.6. The van der Waals surface area contributed by atoms with Crippen molar-refractivity contribution < 1.29 is 24.2 Å². The second-order valence-corrected chi connectivity index (χ2v) is 9.56. The minimum Gasteiger partial charge on any atom is -0.481 e. The monoisotopic (exact) mass is 478 g/mol. The minimum atomic E-state index is -0.930. The molecule has 35 heavy (non-hydrogen) atoms. The van der Waals surface area contributed by atoms with Crippen LogP contribution in [0.4, 0.5) is 4.79 Å². The van der Waals surface area contributed by atoms with Gasteiger partial charge < -0.3 is 20.5 Å². The van der Waals surface area contributed by atoms with E-state index in [2.05, 4.69) is 34.9 Å². The van der Waals surface area contributed by atoms with E-state index in [-0.39, 0.29) is 30.9 Å². The molecule has 0 saturated heterocycles. The van der Waals surface area contributed by atoms with Crippen LogP contribution in [0.25, 0.3) is 11.1 Å². The Morgan fingerprint density at radius 3 is 2.26 bits per heavy atom. The van der Waals surface area contributed by atoms with Gasteiger partial charge in [-0.2, -0.15) is 0 Å². The van der Waals surface area contributed by atoms with Crippen molar-refractivity contribution in [2.45, 2.75) is 69.9 Å². The van der Waals surface area contributed by atoms with E-state index in [9.17, 15) is 14.4 Å². The van der Waals surface area contributed by atoms with E-state index in [1.54, 1.807) is 0 Å². The van der Waals surface area contributed by atoms with Crippen molar-refractivity contribution in [3.05, 3.63) is 59.7 Å². The third kappa shape index (κ3) is 5.84. The zero-order valence-electron chi connectivity index (χ0n) is 20.2. The lowest BCUT2D eigenvalue weighted by atomic mass is 9.83. The summed E-state index contributed by atoms with van der Waals surface area (Å²) in [6.07, 6.45) is 3.94. The summed E-state index contributed by atoms with van der Waals surface area (Å²) in [6.45, 7) is 2.18. The molecule has 0 spiro atoms. The predicted molar refractivity (Wildman–Crippen MR) is 133 cm³/mol. The van der Waals surface area contributed by atoms with Crippen LogP contribution in [-0.2, 0) is 14.3 Å². The highest BCUT2D eigenvalue weighted by atomic mass is 16.5. The fourth-order valence-electron chi connectivity index (χ4n) is 5.50. The molecule has 4 rings (SSSR count). The zero-order chi connectivity index (χ0) is 24.8. The molecule has 0 aromatic heterocycles. The molecule has 7 nitrogen and oxygen atoms in total. The second-order valence-electron chi connectivity index (χ2n) is 9.56. The largest absolute Gasteiger partial charge is 0.481 e. The molecular weight excluding hydrogens is 444 g/mol. The average molecular weight is 479 g/mol. The number of amides is 2. The molecule has 2 amide bonds. The highest BCUT2D eigenvalue weighted by Gasteiger charge is 2.34. The molecule has 0 heterocycles. The van der Waals surface area contributed by atoms with E-state index in [4.69, 9.17) is 9.84 Å². The van der Waals surface area contributed by atoms with Crippen molar-refractivity contribution in [1.82, 2.24) is 10.6 Å². The Morgan fingerprint density at radius 2 is 1.63 bits per heavy atom. The number of ether oxygens (including phenoxy) is 1. The van der Waals surface area contributed by atoms with Gasteiger partial charge in [0.25, 0.3) is 0 Å². The van der Waals surface area contributed by atoms with Gasteiger partial charge >= 0.3 is 12.1 Å². The van der Waals surface area contributed by atoms with Gasteiger partial charge in [0.05, 0.1) is 12.3 Å². The summed E-state index contributed by atoms with van der Waals surface area (Å²) < 4.78 is 5.68. The van der Waals surface area contributed by atoms with Gasteiger partial charge in [-0.3, -0.25) is 9.59 Å². The van der Waals surface area contributed by atoms with Crippen molar-refractivity contribution in [3.8, 4) is 11.1 Å². The molecule has 2 aromatic carbocycles. The minimum absolute atomic E-state index is 0.0237. The Morgan fingerprint density at radius 1 is 1.00 bits per heavy atom. The molecule has 1 unspecified atom stereocenters. The van der Waals surface area contributed by atoms with Crippen LogP contribution < -0.4 is 10.6 Å². The summed E-state index contributed by atoms with van der Waals surface area (Å²) in [5.41, 5.74) is 4.64. The van der Waals surface area contributed by atoms with Crippen LogP contribution >= 0.6 is 0 Å². The Balaban J connectivity index is 1.37. The molecule has 186 valence electrons. The van der Waals surface area contributed by atoms with Crippen molar-refractivity contribution in [3.63, 3.8) is 0 Å². The van der Waals surface area contributed by atoms with Gasteiger partial charge in [0.1, 0.15) is 6.61 Å². The van der Waals surface area contributed by atoms with Gasteiger partial charge in [-0.15, -0.1) is 0 Å². The smallest absolute Gasteiger partial charge is 0.407 e. The summed E-state index contributed by atoms with van der Waals surface area (Å²) in [5, 5.41) is 15.0. The van der Waals surface area contributed by atoms with E-state index in [0.717, 1.165) is 30.4 Å². The first-order chi connectivity index (χ1) is 17.0. The zero-order valence-corrected chi connectivity index (χ0v) is 20.2. The Labute approximate surface area is 206 Å². The number of alkyl carbamates (subject to hydrolysis) is 1. The molecule has 7 heteroatoms. The second kappa shape index (κ2) is 11.4. The number of carbonyl (C=O) groups excluding carboxylic acids is 2. The lowest BCUT2D eigenvalue weighted by molar-refractivity contribution is -0.138. The molecule has 0 radical (unpaired) electrons. The molecule has 2 aliphatic carbocycles. The Hall–Kier alpha value is -3.35. The number of carbonyl (C=O) groups is 3. The van der Waals surface area contributed by atoms with Crippen molar-refractivity contribution in [1.29, 1.82) is 0 Å². The number of benzene rings is 2. The van der Waals surface area contributed by atoms with Crippen LogP contribution in [0.1, 0.15) is 68.9 Å². The van der Waals surface area contributed by atoms with Crippen LogP contribution in [0.3, 0.4) is 0 Å². The van der Waals surface area contributed by atoms with Gasteiger partial charge in [0.2, 0.25) is 5.91 Å². The quantitative estimate of drug-likeness (QED) is 0.478. The highest BCUT2D eigenvalue weighted by molar-refractivity contribution is 5.82. The summed E-state index contributed by atoms with van der Waals surface area (Å²) in [6, 6.07) is 15.6.